The summed E-state index contributed by atoms with van der Waals surface area (Å²) in [5.41, 5.74) is 2.55. The average Bonchev–Trinajstić information content (AvgIpc) is 2.48. The number of carbonyl (C=O) groups excluding carboxylic acids is 1. The molecule has 1 aromatic rings. The molecule has 1 atom stereocenters. The van der Waals surface area contributed by atoms with Gasteiger partial charge in [0, 0.05) is 12.3 Å². The van der Waals surface area contributed by atoms with E-state index in [-0.39, 0.29) is 5.78 Å². The molecule has 1 heteroatoms. The van der Waals surface area contributed by atoms with Crippen molar-refractivity contribution in [2.75, 3.05) is 0 Å². The van der Waals surface area contributed by atoms with Crippen molar-refractivity contribution in [1.29, 1.82) is 0 Å². The standard InChI is InChI=1S/C12H12O/c1-9(13)8-11-7-6-10-4-2-3-5-12(10)11/h2-7,11H,8H2,1H3. The van der Waals surface area contributed by atoms with Crippen molar-refractivity contribution in [2.45, 2.75) is 19.3 Å². The van der Waals surface area contributed by atoms with E-state index in [0.29, 0.717) is 12.3 Å². The molecule has 2 rings (SSSR count). The Morgan fingerprint density at radius 3 is 2.92 bits per heavy atom. The second kappa shape index (κ2) is 3.17. The Balaban J connectivity index is 2.28. The lowest BCUT2D eigenvalue weighted by Gasteiger charge is -2.07. The fourth-order valence-electron chi connectivity index (χ4n) is 1.81. The molecule has 0 spiro atoms. The Labute approximate surface area is 78.1 Å². The molecule has 0 aromatic heterocycles. The summed E-state index contributed by atoms with van der Waals surface area (Å²) >= 11 is 0. The van der Waals surface area contributed by atoms with Gasteiger partial charge in [-0.25, -0.2) is 0 Å². The fourth-order valence-corrected chi connectivity index (χ4v) is 1.81. The fraction of sp³-hybridized carbons (Fsp3) is 0.250. The Hall–Kier alpha value is -1.37. The number of carbonyl (C=O) groups is 1. The molecule has 1 aliphatic carbocycles. The van der Waals surface area contributed by atoms with Crippen molar-refractivity contribution < 1.29 is 4.79 Å². The van der Waals surface area contributed by atoms with E-state index in [1.165, 1.54) is 11.1 Å². The van der Waals surface area contributed by atoms with E-state index in [9.17, 15) is 4.79 Å². The summed E-state index contributed by atoms with van der Waals surface area (Å²) in [4.78, 5) is 11.0. The maximum Gasteiger partial charge on any atom is 0.130 e. The molecule has 0 N–H and O–H groups in total. The largest absolute Gasteiger partial charge is 0.300 e. The molecule has 66 valence electrons. The van der Waals surface area contributed by atoms with Crippen LogP contribution in [0.2, 0.25) is 0 Å². The Kier molecular flexibility index (Phi) is 2.01. The number of rotatable bonds is 2. The average molecular weight is 172 g/mol. The first-order valence-corrected chi connectivity index (χ1v) is 4.54. The Morgan fingerprint density at radius 2 is 2.15 bits per heavy atom. The highest BCUT2D eigenvalue weighted by molar-refractivity contribution is 5.78. The highest BCUT2D eigenvalue weighted by Crippen LogP contribution is 2.31. The van der Waals surface area contributed by atoms with E-state index in [0.717, 1.165) is 0 Å². The molecule has 0 saturated carbocycles. The van der Waals surface area contributed by atoms with Crippen LogP contribution < -0.4 is 0 Å². The van der Waals surface area contributed by atoms with Crippen LogP contribution in [0.5, 0.6) is 0 Å². The predicted octanol–water partition coefficient (Wildman–Crippen LogP) is 2.78. The highest BCUT2D eigenvalue weighted by atomic mass is 16.1. The summed E-state index contributed by atoms with van der Waals surface area (Å²) in [5, 5.41) is 0. The third-order valence-electron chi connectivity index (χ3n) is 2.41. The van der Waals surface area contributed by atoms with Gasteiger partial charge in [-0.2, -0.15) is 0 Å². The number of Topliss-reactive ketones (excluding diaryl/α,β-unsaturated/α-hetero) is 1. The number of fused-ring (bicyclic) bond motifs is 1. The smallest absolute Gasteiger partial charge is 0.130 e. The van der Waals surface area contributed by atoms with Gasteiger partial charge < -0.3 is 0 Å². The Morgan fingerprint density at radius 1 is 1.38 bits per heavy atom. The van der Waals surface area contributed by atoms with E-state index in [1.54, 1.807) is 6.92 Å². The lowest BCUT2D eigenvalue weighted by atomic mass is 9.96. The first-order valence-electron chi connectivity index (χ1n) is 4.54. The molecule has 13 heavy (non-hydrogen) atoms. The zero-order chi connectivity index (χ0) is 9.26. The quantitative estimate of drug-likeness (QED) is 0.670. The second-order valence-corrected chi connectivity index (χ2v) is 3.50. The van der Waals surface area contributed by atoms with Gasteiger partial charge in [0.1, 0.15) is 5.78 Å². The van der Waals surface area contributed by atoms with E-state index >= 15 is 0 Å². The van der Waals surface area contributed by atoms with Gasteiger partial charge in [-0.3, -0.25) is 4.79 Å². The minimum absolute atomic E-state index is 0.256. The van der Waals surface area contributed by atoms with Crippen LogP contribution in [-0.4, -0.2) is 5.78 Å². The van der Waals surface area contributed by atoms with Crippen molar-refractivity contribution in [3.8, 4) is 0 Å². The van der Waals surface area contributed by atoms with Gasteiger partial charge in [-0.1, -0.05) is 36.4 Å². The molecule has 1 aliphatic rings. The minimum atomic E-state index is 0.256. The molecule has 0 aliphatic heterocycles. The van der Waals surface area contributed by atoms with Crippen LogP contribution in [0.1, 0.15) is 30.4 Å². The lowest BCUT2D eigenvalue weighted by molar-refractivity contribution is -0.117. The molecule has 1 nitrogen and oxygen atoms in total. The first kappa shape index (κ1) is 8.24. The maximum absolute atomic E-state index is 11.0. The lowest BCUT2D eigenvalue weighted by Crippen LogP contribution is -1.99. The van der Waals surface area contributed by atoms with Gasteiger partial charge in [0.15, 0.2) is 0 Å². The van der Waals surface area contributed by atoms with E-state index in [4.69, 9.17) is 0 Å². The van der Waals surface area contributed by atoms with Crippen LogP contribution in [0, 0.1) is 0 Å². The summed E-state index contributed by atoms with van der Waals surface area (Å²) in [7, 11) is 0. The molecule has 0 bridgehead atoms. The molecular formula is C12H12O. The van der Waals surface area contributed by atoms with Crippen LogP contribution in [0.25, 0.3) is 6.08 Å². The summed E-state index contributed by atoms with van der Waals surface area (Å²) in [5.74, 6) is 0.569. The number of allylic oxidation sites excluding steroid dienone is 1. The van der Waals surface area contributed by atoms with Crippen LogP contribution in [0.3, 0.4) is 0 Å². The number of hydrogen-bond donors (Lipinski definition) is 0. The Bertz CT molecular complexity index is 363. The zero-order valence-corrected chi connectivity index (χ0v) is 7.66. The predicted molar refractivity (Wildman–Crippen MR) is 53.5 cm³/mol. The van der Waals surface area contributed by atoms with Crippen molar-refractivity contribution in [1.82, 2.24) is 0 Å². The molecule has 1 aromatic carbocycles. The van der Waals surface area contributed by atoms with Crippen molar-refractivity contribution >= 4 is 11.9 Å². The molecule has 1 unspecified atom stereocenters. The zero-order valence-electron chi connectivity index (χ0n) is 7.66. The maximum atomic E-state index is 11.0. The van der Waals surface area contributed by atoms with E-state index in [2.05, 4.69) is 24.3 Å². The van der Waals surface area contributed by atoms with Gasteiger partial charge in [-0.05, 0) is 18.1 Å². The van der Waals surface area contributed by atoms with Gasteiger partial charge >= 0.3 is 0 Å². The third kappa shape index (κ3) is 1.55. The van der Waals surface area contributed by atoms with Crippen LogP contribution in [-0.2, 0) is 4.79 Å². The second-order valence-electron chi connectivity index (χ2n) is 3.50. The SMILES string of the molecule is CC(=O)CC1C=Cc2ccccc21. The summed E-state index contributed by atoms with van der Waals surface area (Å²) in [6.45, 7) is 1.65. The normalized spacial score (nSPS) is 18.7. The monoisotopic (exact) mass is 172 g/mol. The van der Waals surface area contributed by atoms with Gasteiger partial charge in [0.05, 0.1) is 0 Å². The topological polar surface area (TPSA) is 17.1 Å². The first-order chi connectivity index (χ1) is 6.27. The van der Waals surface area contributed by atoms with Crippen molar-refractivity contribution in [3.05, 3.63) is 41.5 Å². The third-order valence-corrected chi connectivity index (χ3v) is 2.41. The van der Waals surface area contributed by atoms with Crippen LogP contribution in [0.4, 0.5) is 0 Å². The van der Waals surface area contributed by atoms with Crippen molar-refractivity contribution in [3.63, 3.8) is 0 Å². The molecule has 0 fully saturated rings. The van der Waals surface area contributed by atoms with Gasteiger partial charge in [-0.15, -0.1) is 0 Å². The molecule has 0 saturated heterocycles. The number of ketones is 1. The molecular weight excluding hydrogens is 160 g/mol. The van der Waals surface area contributed by atoms with E-state index < -0.39 is 0 Å². The number of benzene rings is 1. The van der Waals surface area contributed by atoms with Gasteiger partial charge in [0.2, 0.25) is 0 Å². The van der Waals surface area contributed by atoms with Crippen molar-refractivity contribution in [2.24, 2.45) is 0 Å². The highest BCUT2D eigenvalue weighted by Gasteiger charge is 2.17. The summed E-state index contributed by atoms with van der Waals surface area (Å²) < 4.78 is 0. The van der Waals surface area contributed by atoms with Crippen LogP contribution in [0.15, 0.2) is 30.3 Å². The molecule has 0 radical (unpaired) electrons. The van der Waals surface area contributed by atoms with Gasteiger partial charge in [0.25, 0.3) is 0 Å². The van der Waals surface area contributed by atoms with Crippen LogP contribution >= 0.6 is 0 Å². The minimum Gasteiger partial charge on any atom is -0.300 e. The number of hydrogen-bond acceptors (Lipinski definition) is 1. The molecule has 0 heterocycles. The summed E-state index contributed by atoms with van der Waals surface area (Å²) in [6, 6.07) is 8.24. The summed E-state index contributed by atoms with van der Waals surface area (Å²) in [6.07, 6.45) is 4.85. The molecule has 0 amide bonds. The van der Waals surface area contributed by atoms with E-state index in [1.807, 2.05) is 12.1 Å².